The molecule has 126 valence electrons. The number of carbonyl (C=O) groups is 1. The highest BCUT2D eigenvalue weighted by Gasteiger charge is 2.25. The van der Waals surface area contributed by atoms with E-state index in [1.165, 1.54) is 23.9 Å². The molecule has 0 unspecified atom stereocenters. The maximum atomic E-state index is 12.4. The molecular weight excluding hydrogens is 310 g/mol. The third-order valence-corrected chi connectivity index (χ3v) is 4.07. The molecule has 0 aliphatic carbocycles. The molecule has 2 aromatic heterocycles. The van der Waals surface area contributed by atoms with Crippen molar-refractivity contribution >= 4 is 5.91 Å². The van der Waals surface area contributed by atoms with Gasteiger partial charge < -0.3 is 9.64 Å². The molecule has 2 aromatic rings. The lowest BCUT2D eigenvalue weighted by atomic mass is 9.97. The summed E-state index contributed by atoms with van der Waals surface area (Å²) in [6, 6.07) is 4.96. The summed E-state index contributed by atoms with van der Waals surface area (Å²) < 4.78 is 6.75. The van der Waals surface area contributed by atoms with Gasteiger partial charge in [-0.3, -0.25) is 9.59 Å². The van der Waals surface area contributed by atoms with E-state index in [0.717, 1.165) is 12.8 Å². The highest BCUT2D eigenvalue weighted by Crippen LogP contribution is 2.19. The number of ether oxygens (including phenoxy) is 1. The smallest absolute Gasteiger partial charge is 0.316 e. The first-order valence-corrected chi connectivity index (χ1v) is 7.87. The van der Waals surface area contributed by atoms with Crippen LogP contribution in [-0.4, -0.2) is 50.3 Å². The number of aryl methyl sites for hydroxylation is 1. The largest absolute Gasteiger partial charge is 0.463 e. The quantitative estimate of drug-likeness (QED) is 0.811. The van der Waals surface area contributed by atoms with E-state index in [0.29, 0.717) is 37.3 Å². The van der Waals surface area contributed by atoms with Gasteiger partial charge in [0.05, 0.1) is 6.61 Å². The molecule has 3 rings (SSSR count). The van der Waals surface area contributed by atoms with Crippen molar-refractivity contribution in [3.05, 3.63) is 46.6 Å². The van der Waals surface area contributed by atoms with E-state index in [1.807, 2.05) is 0 Å². The van der Waals surface area contributed by atoms with E-state index in [-0.39, 0.29) is 11.5 Å². The third kappa shape index (κ3) is 3.76. The highest BCUT2D eigenvalue weighted by atomic mass is 16.5. The second-order valence-electron chi connectivity index (χ2n) is 5.76. The van der Waals surface area contributed by atoms with Gasteiger partial charge in [0.1, 0.15) is 5.69 Å². The molecule has 0 atom stereocenters. The van der Waals surface area contributed by atoms with Crippen molar-refractivity contribution in [2.45, 2.75) is 12.8 Å². The molecule has 0 spiro atoms. The van der Waals surface area contributed by atoms with Crippen molar-refractivity contribution in [2.24, 2.45) is 13.0 Å². The minimum absolute atomic E-state index is 0.142. The zero-order valence-electron chi connectivity index (χ0n) is 13.5. The molecule has 0 bridgehead atoms. The Kier molecular flexibility index (Phi) is 4.83. The highest BCUT2D eigenvalue weighted by molar-refractivity contribution is 5.92. The Morgan fingerprint density at radius 2 is 1.96 bits per heavy atom. The molecule has 0 saturated carbocycles. The van der Waals surface area contributed by atoms with Crippen LogP contribution < -0.4 is 10.3 Å². The summed E-state index contributed by atoms with van der Waals surface area (Å²) >= 11 is 0. The lowest BCUT2D eigenvalue weighted by Gasteiger charge is -2.31. The number of aromatic nitrogens is 4. The molecule has 24 heavy (non-hydrogen) atoms. The Morgan fingerprint density at radius 3 is 2.62 bits per heavy atom. The van der Waals surface area contributed by atoms with Crippen LogP contribution in [0.15, 0.2) is 35.4 Å². The van der Waals surface area contributed by atoms with Gasteiger partial charge in [0, 0.05) is 38.6 Å². The van der Waals surface area contributed by atoms with Gasteiger partial charge in [-0.2, -0.15) is 5.10 Å². The molecule has 0 aromatic carbocycles. The topological polar surface area (TPSA) is 90.2 Å². The number of likely N-dealkylation sites (tertiary alicyclic amines) is 1. The Hall–Kier alpha value is -2.77. The summed E-state index contributed by atoms with van der Waals surface area (Å²) in [5, 5.41) is 4.01. The third-order valence-electron chi connectivity index (χ3n) is 4.07. The Bertz CT molecular complexity index is 754. The molecule has 1 fully saturated rings. The van der Waals surface area contributed by atoms with Crippen molar-refractivity contribution in [1.29, 1.82) is 0 Å². The van der Waals surface area contributed by atoms with Crippen LogP contribution in [0.2, 0.25) is 0 Å². The van der Waals surface area contributed by atoms with Crippen LogP contribution in [0, 0.1) is 5.92 Å². The average Bonchev–Trinajstić information content (AvgIpc) is 2.63. The summed E-state index contributed by atoms with van der Waals surface area (Å²) in [5.41, 5.74) is 0.0648. The number of piperidine rings is 1. The van der Waals surface area contributed by atoms with Crippen LogP contribution in [0.5, 0.6) is 6.01 Å². The Labute approximate surface area is 139 Å². The molecule has 3 heterocycles. The molecule has 0 N–H and O–H groups in total. The monoisotopic (exact) mass is 329 g/mol. The minimum Gasteiger partial charge on any atom is -0.463 e. The van der Waals surface area contributed by atoms with Gasteiger partial charge >= 0.3 is 6.01 Å². The van der Waals surface area contributed by atoms with Crippen molar-refractivity contribution in [2.75, 3.05) is 19.7 Å². The second kappa shape index (κ2) is 7.20. The Morgan fingerprint density at radius 1 is 1.25 bits per heavy atom. The van der Waals surface area contributed by atoms with Crippen molar-refractivity contribution in [3.8, 4) is 6.01 Å². The predicted molar refractivity (Wildman–Crippen MR) is 85.6 cm³/mol. The predicted octanol–water partition coefficient (Wildman–Crippen LogP) is 0.501. The first-order valence-electron chi connectivity index (χ1n) is 7.87. The molecule has 1 aliphatic heterocycles. The van der Waals surface area contributed by atoms with Crippen LogP contribution in [0.4, 0.5) is 0 Å². The molecule has 1 aliphatic rings. The van der Waals surface area contributed by atoms with Crippen molar-refractivity contribution < 1.29 is 9.53 Å². The van der Waals surface area contributed by atoms with E-state index in [9.17, 15) is 9.59 Å². The molecule has 1 amide bonds. The standard InChI is InChI=1S/C16H19N5O3/c1-20-14(22)4-3-13(19-20)15(23)21-9-5-12(6-10-21)11-24-16-17-7-2-8-18-16/h2-4,7-8,12H,5-6,9-11H2,1H3. The fourth-order valence-electron chi connectivity index (χ4n) is 2.63. The van der Waals surface area contributed by atoms with Crippen LogP contribution in [-0.2, 0) is 7.05 Å². The Balaban J connectivity index is 1.52. The first-order chi connectivity index (χ1) is 11.6. The SMILES string of the molecule is Cn1nc(C(=O)N2CCC(COc3ncccn3)CC2)ccc1=O. The van der Waals surface area contributed by atoms with Crippen LogP contribution in [0.1, 0.15) is 23.3 Å². The van der Waals surface area contributed by atoms with E-state index in [1.54, 1.807) is 23.4 Å². The molecule has 8 heteroatoms. The maximum absolute atomic E-state index is 12.4. The summed E-state index contributed by atoms with van der Waals surface area (Å²) in [6.07, 6.45) is 4.99. The fraction of sp³-hybridized carbons (Fsp3) is 0.438. The first kappa shape index (κ1) is 16.1. The number of amides is 1. The number of hydrogen-bond acceptors (Lipinski definition) is 6. The minimum atomic E-state index is -0.231. The van der Waals surface area contributed by atoms with E-state index < -0.39 is 0 Å². The lowest BCUT2D eigenvalue weighted by Crippen LogP contribution is -2.40. The van der Waals surface area contributed by atoms with Gasteiger partial charge in [0.25, 0.3) is 11.5 Å². The molecule has 0 radical (unpaired) electrons. The fourth-order valence-corrected chi connectivity index (χ4v) is 2.63. The zero-order chi connectivity index (χ0) is 16.9. The van der Waals surface area contributed by atoms with Crippen molar-refractivity contribution in [1.82, 2.24) is 24.6 Å². The van der Waals surface area contributed by atoms with E-state index in [4.69, 9.17) is 4.74 Å². The van der Waals surface area contributed by atoms with Gasteiger partial charge in [0.15, 0.2) is 0 Å². The van der Waals surface area contributed by atoms with Crippen molar-refractivity contribution in [3.63, 3.8) is 0 Å². The number of rotatable bonds is 4. The average molecular weight is 329 g/mol. The van der Waals surface area contributed by atoms with Gasteiger partial charge in [-0.15, -0.1) is 0 Å². The van der Waals surface area contributed by atoms with Crippen LogP contribution in [0.25, 0.3) is 0 Å². The van der Waals surface area contributed by atoms with Crippen LogP contribution in [0.3, 0.4) is 0 Å². The summed E-state index contributed by atoms with van der Waals surface area (Å²) in [5.74, 6) is 0.224. The zero-order valence-corrected chi connectivity index (χ0v) is 13.5. The summed E-state index contributed by atoms with van der Waals surface area (Å²) in [6.45, 7) is 1.84. The number of nitrogens with zero attached hydrogens (tertiary/aromatic N) is 5. The van der Waals surface area contributed by atoms with Gasteiger partial charge in [-0.05, 0) is 30.9 Å². The molecule has 1 saturated heterocycles. The van der Waals surface area contributed by atoms with Gasteiger partial charge in [0.2, 0.25) is 0 Å². The van der Waals surface area contributed by atoms with E-state index >= 15 is 0 Å². The maximum Gasteiger partial charge on any atom is 0.316 e. The summed E-state index contributed by atoms with van der Waals surface area (Å²) in [4.78, 5) is 33.6. The number of hydrogen-bond donors (Lipinski definition) is 0. The van der Waals surface area contributed by atoms with Crippen LogP contribution >= 0.6 is 0 Å². The second-order valence-corrected chi connectivity index (χ2v) is 5.76. The van der Waals surface area contributed by atoms with E-state index in [2.05, 4.69) is 15.1 Å². The lowest BCUT2D eigenvalue weighted by molar-refractivity contribution is 0.0649. The summed E-state index contributed by atoms with van der Waals surface area (Å²) in [7, 11) is 1.54. The van der Waals surface area contributed by atoms with Gasteiger partial charge in [-0.1, -0.05) is 0 Å². The normalized spacial score (nSPS) is 15.3. The number of carbonyl (C=O) groups excluding carboxylic acids is 1. The molecule has 8 nitrogen and oxygen atoms in total. The molecular formula is C16H19N5O3. The van der Waals surface area contributed by atoms with Gasteiger partial charge in [-0.25, -0.2) is 14.6 Å².